The van der Waals surface area contributed by atoms with Crippen molar-refractivity contribution in [3.63, 3.8) is 0 Å². The van der Waals surface area contributed by atoms with Crippen LogP contribution in [-0.4, -0.2) is 90.6 Å². The van der Waals surface area contributed by atoms with Crippen molar-refractivity contribution in [1.29, 1.82) is 0 Å². The Bertz CT molecular complexity index is 1500. The maximum Gasteiger partial charge on any atom is 0.315 e. The van der Waals surface area contributed by atoms with Crippen LogP contribution in [0.5, 0.6) is 0 Å². The first-order valence-electron chi connectivity index (χ1n) is 20.3. The van der Waals surface area contributed by atoms with Crippen LogP contribution < -0.4 is 21.3 Å². The molecule has 4 atom stereocenters. The van der Waals surface area contributed by atoms with E-state index in [1.54, 1.807) is 4.90 Å². The quantitative estimate of drug-likeness (QED) is 0.124. The summed E-state index contributed by atoms with van der Waals surface area (Å²) in [6.07, 6.45) is 13.2. The summed E-state index contributed by atoms with van der Waals surface area (Å²) in [5.74, 6) is -1.86. The van der Waals surface area contributed by atoms with Gasteiger partial charge in [-0.1, -0.05) is 85.1 Å². The van der Waals surface area contributed by atoms with Gasteiger partial charge in [0.1, 0.15) is 11.6 Å². The number of hydrogen-bond donors (Lipinski definition) is 4. The summed E-state index contributed by atoms with van der Waals surface area (Å²) in [4.78, 5) is 71.3. The second kappa shape index (κ2) is 16.8. The minimum atomic E-state index is -3.44. The number of nitrogens with one attached hydrogen (secondary N) is 4. The van der Waals surface area contributed by atoms with Crippen LogP contribution in [0.15, 0.2) is 12.7 Å². The van der Waals surface area contributed by atoms with Gasteiger partial charge in [0, 0.05) is 13.1 Å². The molecule has 0 radical (unpaired) electrons. The molecule has 53 heavy (non-hydrogen) atoms. The molecule has 5 fully saturated rings. The minimum absolute atomic E-state index is 0.0352. The van der Waals surface area contributed by atoms with Gasteiger partial charge in [0.2, 0.25) is 17.6 Å². The largest absolute Gasteiger partial charge is 0.346 e. The van der Waals surface area contributed by atoms with E-state index in [9.17, 15) is 32.4 Å². The van der Waals surface area contributed by atoms with Gasteiger partial charge < -0.3 is 26.2 Å². The van der Waals surface area contributed by atoms with E-state index in [4.69, 9.17) is 0 Å². The molecule has 5 amide bonds. The van der Waals surface area contributed by atoms with Crippen molar-refractivity contribution >= 4 is 39.4 Å². The summed E-state index contributed by atoms with van der Waals surface area (Å²) < 4.78 is 26.6. The van der Waals surface area contributed by atoms with Crippen molar-refractivity contribution in [2.45, 2.75) is 154 Å². The number of piperidine rings is 1. The van der Waals surface area contributed by atoms with Crippen molar-refractivity contribution in [1.82, 2.24) is 26.2 Å². The van der Waals surface area contributed by atoms with Gasteiger partial charge in [0.15, 0.2) is 9.84 Å². The average molecular weight is 760 g/mol. The molecule has 2 bridgehead atoms. The average Bonchev–Trinajstić information content (AvgIpc) is 3.78. The van der Waals surface area contributed by atoms with Gasteiger partial charge in [0.25, 0.3) is 5.91 Å². The fourth-order valence-corrected chi connectivity index (χ4v) is 11.8. The van der Waals surface area contributed by atoms with Gasteiger partial charge >= 0.3 is 6.03 Å². The zero-order valence-corrected chi connectivity index (χ0v) is 33.4. The number of Topliss-reactive ketones (excluding diaryl/α,β-unsaturated/α-hetero) is 1. The normalized spacial score (nSPS) is 26.4. The maximum atomic E-state index is 14.9. The van der Waals surface area contributed by atoms with Crippen LogP contribution in [0.1, 0.15) is 130 Å². The number of hydrogen-bond acceptors (Lipinski definition) is 7. The lowest BCUT2D eigenvalue weighted by atomic mass is 9.77. The van der Waals surface area contributed by atoms with Gasteiger partial charge in [-0.2, -0.15) is 0 Å². The molecule has 12 nitrogen and oxygen atoms in total. The summed E-state index contributed by atoms with van der Waals surface area (Å²) in [6, 6.07) is -2.44. The first kappa shape index (κ1) is 41.2. The molecular weight excluding hydrogens is 695 g/mol. The number of ketones is 1. The predicted octanol–water partition coefficient (Wildman–Crippen LogP) is 4.57. The maximum absolute atomic E-state index is 14.9. The summed E-state index contributed by atoms with van der Waals surface area (Å²) in [5.41, 5.74) is -2.38. The molecule has 0 aromatic carbocycles. The zero-order chi connectivity index (χ0) is 38.6. The Labute approximate surface area is 317 Å². The van der Waals surface area contributed by atoms with Crippen LogP contribution in [0.25, 0.3) is 0 Å². The Morgan fingerprint density at radius 1 is 0.925 bits per heavy atom. The topological polar surface area (TPSA) is 171 Å². The lowest BCUT2D eigenvalue weighted by Crippen LogP contribution is -2.66. The van der Waals surface area contributed by atoms with Gasteiger partial charge in [-0.05, 0) is 80.5 Å². The Kier molecular flexibility index (Phi) is 13.1. The molecule has 5 rings (SSSR count). The highest BCUT2D eigenvalue weighted by molar-refractivity contribution is 7.91. The van der Waals surface area contributed by atoms with E-state index < -0.39 is 56.6 Å². The second-order valence-corrected chi connectivity index (χ2v) is 20.4. The van der Waals surface area contributed by atoms with E-state index in [1.807, 2.05) is 13.8 Å². The highest BCUT2D eigenvalue weighted by Crippen LogP contribution is 2.57. The monoisotopic (exact) mass is 759 g/mol. The predicted molar refractivity (Wildman–Crippen MR) is 204 cm³/mol. The molecule has 4 N–H and O–H groups in total. The molecular formula is C40H65N5O7S. The number of carbonyl (C=O) groups excluding carboxylic acids is 5. The number of amides is 5. The summed E-state index contributed by atoms with van der Waals surface area (Å²) in [6.45, 7) is 12.3. The molecule has 3 unspecified atom stereocenters. The summed E-state index contributed by atoms with van der Waals surface area (Å²) >= 11 is 0. The molecule has 1 aliphatic heterocycles. The molecule has 0 aromatic heterocycles. The molecule has 5 aliphatic rings. The van der Waals surface area contributed by atoms with Gasteiger partial charge in [-0.3, -0.25) is 19.2 Å². The lowest BCUT2D eigenvalue weighted by Gasteiger charge is -2.45. The highest BCUT2D eigenvalue weighted by atomic mass is 32.2. The van der Waals surface area contributed by atoms with Crippen LogP contribution >= 0.6 is 0 Å². The van der Waals surface area contributed by atoms with Gasteiger partial charge in [0.05, 0.1) is 23.1 Å². The highest BCUT2D eigenvalue weighted by Gasteiger charge is 2.65. The van der Waals surface area contributed by atoms with Gasteiger partial charge in [-0.15, -0.1) is 6.58 Å². The van der Waals surface area contributed by atoms with Gasteiger partial charge in [-0.25, -0.2) is 13.2 Å². The molecule has 0 spiro atoms. The fourth-order valence-electron chi connectivity index (χ4n) is 9.66. The Morgan fingerprint density at radius 2 is 1.58 bits per heavy atom. The first-order chi connectivity index (χ1) is 25.0. The van der Waals surface area contributed by atoms with E-state index in [1.165, 1.54) is 6.08 Å². The Morgan fingerprint density at radius 3 is 2.19 bits per heavy atom. The van der Waals surface area contributed by atoms with E-state index in [-0.39, 0.29) is 53.0 Å². The molecule has 298 valence electrons. The number of nitrogens with zero attached hydrogens (tertiary/aromatic N) is 1. The SMILES string of the molecule is C=CCNC(=O)C(=O)C(CC1CC1)NC(=O)C12CC(CN1C(=O)[C@@H](NC(=O)NC1(CS(=O)(=O)CCC(C)C)CCCCC1)C1CCCCC1)C(C)(C)C2. The summed E-state index contributed by atoms with van der Waals surface area (Å²) in [7, 11) is -3.44. The van der Waals surface area contributed by atoms with Crippen LogP contribution in [0.2, 0.25) is 0 Å². The Balaban J connectivity index is 1.38. The van der Waals surface area contributed by atoms with Crippen LogP contribution in [0, 0.1) is 29.1 Å². The number of urea groups is 1. The number of sulfone groups is 1. The van der Waals surface area contributed by atoms with Crippen LogP contribution in [-0.2, 0) is 29.0 Å². The van der Waals surface area contributed by atoms with E-state index in [2.05, 4.69) is 41.7 Å². The third kappa shape index (κ3) is 10.0. The fraction of sp³-hybridized carbons (Fsp3) is 0.825. The smallest absolute Gasteiger partial charge is 0.315 e. The van der Waals surface area contributed by atoms with Crippen molar-refractivity contribution in [3.8, 4) is 0 Å². The molecule has 1 saturated heterocycles. The van der Waals surface area contributed by atoms with E-state index >= 15 is 0 Å². The number of likely N-dealkylation sites (tertiary alicyclic amines) is 1. The second-order valence-electron chi connectivity index (χ2n) is 18.2. The molecule has 4 saturated carbocycles. The third-order valence-electron chi connectivity index (χ3n) is 12.9. The lowest BCUT2D eigenvalue weighted by molar-refractivity contribution is -0.151. The van der Waals surface area contributed by atoms with Crippen molar-refractivity contribution < 1.29 is 32.4 Å². The molecule has 0 aromatic rings. The van der Waals surface area contributed by atoms with E-state index in [0.29, 0.717) is 45.1 Å². The first-order valence-corrected chi connectivity index (χ1v) is 22.2. The molecule has 13 heteroatoms. The third-order valence-corrected chi connectivity index (χ3v) is 14.8. The number of fused-ring (bicyclic) bond motifs is 2. The minimum Gasteiger partial charge on any atom is -0.346 e. The summed E-state index contributed by atoms with van der Waals surface area (Å²) in [5, 5.41) is 11.7. The molecule has 4 aliphatic carbocycles. The van der Waals surface area contributed by atoms with Crippen molar-refractivity contribution in [2.75, 3.05) is 24.6 Å². The van der Waals surface area contributed by atoms with Crippen LogP contribution in [0.4, 0.5) is 4.79 Å². The number of rotatable bonds is 17. The Hall–Kier alpha value is -2.96. The molecule has 1 heterocycles. The zero-order valence-electron chi connectivity index (χ0n) is 32.6. The van der Waals surface area contributed by atoms with Crippen molar-refractivity contribution in [2.24, 2.45) is 29.1 Å². The standard InChI is InChI=1S/C40H65N5O7S/c1-6-20-41-34(47)33(46)31(22-28-15-16-28)42-36(49)40-23-30(38(4,5)25-40)24-45(40)35(48)32(29-13-9-7-10-14-29)43-37(50)44-39(18-11-8-12-19-39)26-53(51,52)21-17-27(2)3/h6,27-32H,1,7-26H2,2-5H3,(H,41,47)(H,42,49)(H2,43,44,50)/t30?,31?,32-,40?/m0/s1. The van der Waals surface area contributed by atoms with E-state index in [0.717, 1.165) is 64.2 Å². The number of carbonyl (C=O) groups is 5. The van der Waals surface area contributed by atoms with Crippen molar-refractivity contribution in [3.05, 3.63) is 12.7 Å². The van der Waals surface area contributed by atoms with Crippen LogP contribution in [0.3, 0.4) is 0 Å².